The van der Waals surface area contributed by atoms with Gasteiger partial charge in [0.15, 0.2) is 0 Å². The first-order chi connectivity index (χ1) is 6.97. The Morgan fingerprint density at radius 1 is 1.60 bits per heavy atom. The van der Waals surface area contributed by atoms with Crippen molar-refractivity contribution in [3.8, 4) is 0 Å². The summed E-state index contributed by atoms with van der Waals surface area (Å²) in [7, 11) is 1.55. The monoisotopic (exact) mass is 212 g/mol. The molecule has 0 aliphatic carbocycles. The molecule has 0 radical (unpaired) electrons. The van der Waals surface area contributed by atoms with Crippen LogP contribution in [-0.2, 0) is 11.8 Å². The van der Waals surface area contributed by atoms with Crippen molar-refractivity contribution in [3.63, 3.8) is 0 Å². The molecule has 0 spiro atoms. The fourth-order valence-electron chi connectivity index (χ4n) is 1.24. The average molecular weight is 212 g/mol. The van der Waals surface area contributed by atoms with Gasteiger partial charge in [-0.3, -0.25) is 9.48 Å². The number of aromatic nitrogens is 2. The van der Waals surface area contributed by atoms with Gasteiger partial charge in [0.25, 0.3) is 0 Å². The molecule has 0 bridgehead atoms. The van der Waals surface area contributed by atoms with E-state index in [4.69, 9.17) is 10.8 Å². The number of nitrogens with one attached hydrogen (secondary N) is 1. The highest BCUT2D eigenvalue weighted by Gasteiger charge is 2.20. The molecule has 0 unspecified atom stereocenters. The van der Waals surface area contributed by atoms with Gasteiger partial charge in [-0.15, -0.1) is 0 Å². The quantitative estimate of drug-likeness (QED) is 0.615. The maximum absolute atomic E-state index is 11.0. The van der Waals surface area contributed by atoms with Gasteiger partial charge in [-0.25, -0.2) is 4.79 Å². The number of hydrogen-bond donors (Lipinski definition) is 3. The van der Waals surface area contributed by atoms with Crippen LogP contribution in [0, 0.1) is 6.92 Å². The van der Waals surface area contributed by atoms with Crippen molar-refractivity contribution in [2.45, 2.75) is 6.92 Å². The standard InChI is InChI=1S/C8H12N4O3/c1-4-6(8(14)15)7(12(2)11-4)10-5(13)3-9/h3,9H2,1-2H3,(H,10,13)(H,14,15). The first-order valence-electron chi connectivity index (χ1n) is 4.24. The molecule has 0 saturated carbocycles. The lowest BCUT2D eigenvalue weighted by atomic mass is 10.2. The van der Waals surface area contributed by atoms with E-state index in [0.29, 0.717) is 5.69 Å². The highest BCUT2D eigenvalue weighted by molar-refractivity contribution is 6.00. The lowest BCUT2D eigenvalue weighted by Gasteiger charge is -2.04. The van der Waals surface area contributed by atoms with Gasteiger partial charge >= 0.3 is 5.97 Å². The third kappa shape index (κ3) is 2.13. The summed E-state index contributed by atoms with van der Waals surface area (Å²) < 4.78 is 1.30. The minimum atomic E-state index is -1.13. The molecule has 0 atom stereocenters. The van der Waals surface area contributed by atoms with Crippen LogP contribution >= 0.6 is 0 Å². The molecule has 15 heavy (non-hydrogen) atoms. The van der Waals surface area contributed by atoms with Crippen molar-refractivity contribution in [2.75, 3.05) is 11.9 Å². The summed E-state index contributed by atoms with van der Waals surface area (Å²) in [5.74, 6) is -1.44. The van der Waals surface area contributed by atoms with Gasteiger partial charge in [0.1, 0.15) is 11.4 Å². The number of aromatic carboxylic acids is 1. The Hall–Kier alpha value is -1.89. The van der Waals surface area contributed by atoms with Crippen molar-refractivity contribution >= 4 is 17.7 Å². The van der Waals surface area contributed by atoms with E-state index in [1.165, 1.54) is 4.68 Å². The Kier molecular flexibility index (Phi) is 3.05. The normalized spacial score (nSPS) is 10.1. The summed E-state index contributed by atoms with van der Waals surface area (Å²) in [6, 6.07) is 0. The van der Waals surface area contributed by atoms with E-state index in [0.717, 1.165) is 0 Å². The second kappa shape index (κ2) is 4.09. The summed E-state index contributed by atoms with van der Waals surface area (Å²) >= 11 is 0. The molecule has 7 nitrogen and oxygen atoms in total. The zero-order valence-corrected chi connectivity index (χ0v) is 8.44. The number of anilines is 1. The molecule has 0 aromatic carbocycles. The largest absolute Gasteiger partial charge is 0.477 e. The number of carboxylic acids is 1. The topological polar surface area (TPSA) is 110 Å². The van der Waals surface area contributed by atoms with Crippen LogP contribution in [0.25, 0.3) is 0 Å². The first-order valence-corrected chi connectivity index (χ1v) is 4.24. The summed E-state index contributed by atoms with van der Waals surface area (Å²) in [6.45, 7) is 1.35. The van der Waals surface area contributed by atoms with Gasteiger partial charge < -0.3 is 16.2 Å². The number of nitrogens with zero attached hydrogens (tertiary/aromatic N) is 2. The summed E-state index contributed by atoms with van der Waals surface area (Å²) in [4.78, 5) is 21.9. The molecule has 82 valence electrons. The number of amides is 1. The van der Waals surface area contributed by atoms with Gasteiger partial charge in [-0.1, -0.05) is 0 Å². The van der Waals surface area contributed by atoms with Crippen LogP contribution in [0.1, 0.15) is 16.1 Å². The van der Waals surface area contributed by atoms with E-state index >= 15 is 0 Å². The van der Waals surface area contributed by atoms with Crippen LogP contribution in [0.2, 0.25) is 0 Å². The van der Waals surface area contributed by atoms with E-state index < -0.39 is 11.9 Å². The number of carbonyl (C=O) groups excluding carboxylic acids is 1. The fraction of sp³-hybridized carbons (Fsp3) is 0.375. The Morgan fingerprint density at radius 3 is 2.67 bits per heavy atom. The van der Waals surface area contributed by atoms with E-state index in [-0.39, 0.29) is 17.9 Å². The van der Waals surface area contributed by atoms with Gasteiger partial charge in [0, 0.05) is 7.05 Å². The Labute approximate surface area is 85.9 Å². The zero-order chi connectivity index (χ0) is 11.6. The van der Waals surface area contributed by atoms with Gasteiger partial charge in [0.05, 0.1) is 12.2 Å². The summed E-state index contributed by atoms with van der Waals surface area (Å²) in [6.07, 6.45) is 0. The third-order valence-corrected chi connectivity index (χ3v) is 1.88. The minimum Gasteiger partial charge on any atom is -0.477 e. The smallest absolute Gasteiger partial charge is 0.341 e. The fourth-order valence-corrected chi connectivity index (χ4v) is 1.24. The van der Waals surface area contributed by atoms with Crippen LogP contribution in [0.15, 0.2) is 0 Å². The van der Waals surface area contributed by atoms with Crippen molar-refractivity contribution in [3.05, 3.63) is 11.3 Å². The third-order valence-electron chi connectivity index (χ3n) is 1.88. The molecule has 1 aromatic rings. The van der Waals surface area contributed by atoms with E-state index in [9.17, 15) is 9.59 Å². The Balaban J connectivity index is 3.15. The summed E-state index contributed by atoms with van der Waals surface area (Å²) in [5, 5.41) is 15.2. The molecule has 4 N–H and O–H groups in total. The van der Waals surface area contributed by atoms with E-state index in [1.807, 2.05) is 0 Å². The number of aryl methyl sites for hydroxylation is 2. The predicted molar refractivity (Wildman–Crippen MR) is 52.6 cm³/mol. The molecule has 1 aromatic heterocycles. The number of hydrogen-bond acceptors (Lipinski definition) is 4. The SMILES string of the molecule is Cc1nn(C)c(NC(=O)CN)c1C(=O)O. The van der Waals surface area contributed by atoms with Crippen molar-refractivity contribution < 1.29 is 14.7 Å². The van der Waals surface area contributed by atoms with Crippen molar-refractivity contribution in [2.24, 2.45) is 12.8 Å². The average Bonchev–Trinajstić information content (AvgIpc) is 2.41. The minimum absolute atomic E-state index is 0.0145. The first kappa shape index (κ1) is 11.2. The van der Waals surface area contributed by atoms with Crippen LogP contribution < -0.4 is 11.1 Å². The highest BCUT2D eigenvalue weighted by Crippen LogP contribution is 2.18. The molecule has 7 heteroatoms. The van der Waals surface area contributed by atoms with Crippen LogP contribution in [0.5, 0.6) is 0 Å². The number of carboxylic acid groups (broad SMARTS) is 1. The second-order valence-corrected chi connectivity index (χ2v) is 2.99. The Morgan fingerprint density at radius 2 is 2.20 bits per heavy atom. The van der Waals surface area contributed by atoms with Gasteiger partial charge in [0.2, 0.25) is 5.91 Å². The maximum Gasteiger partial charge on any atom is 0.341 e. The molecule has 1 heterocycles. The van der Waals surface area contributed by atoms with E-state index in [1.54, 1.807) is 14.0 Å². The predicted octanol–water partition coefficient (Wildman–Crippen LogP) is -0.676. The van der Waals surface area contributed by atoms with Gasteiger partial charge in [-0.05, 0) is 6.92 Å². The lowest BCUT2D eigenvalue weighted by Crippen LogP contribution is -2.24. The molecular formula is C8H12N4O3. The van der Waals surface area contributed by atoms with Crippen LogP contribution in [0.4, 0.5) is 5.82 Å². The molecular weight excluding hydrogens is 200 g/mol. The number of nitrogens with two attached hydrogens (primary N) is 1. The van der Waals surface area contributed by atoms with Crippen molar-refractivity contribution in [1.29, 1.82) is 0 Å². The van der Waals surface area contributed by atoms with Crippen LogP contribution in [-0.4, -0.2) is 33.3 Å². The summed E-state index contributed by atoms with van der Waals surface area (Å²) in [5.41, 5.74) is 5.44. The van der Waals surface area contributed by atoms with Crippen molar-refractivity contribution in [1.82, 2.24) is 9.78 Å². The molecule has 0 aliphatic heterocycles. The number of rotatable bonds is 3. The van der Waals surface area contributed by atoms with Gasteiger partial charge in [-0.2, -0.15) is 5.10 Å². The highest BCUT2D eigenvalue weighted by atomic mass is 16.4. The lowest BCUT2D eigenvalue weighted by molar-refractivity contribution is -0.114. The maximum atomic E-state index is 11.0. The molecule has 1 amide bonds. The number of carbonyl (C=O) groups is 2. The zero-order valence-electron chi connectivity index (χ0n) is 8.44. The molecule has 0 aliphatic rings. The van der Waals surface area contributed by atoms with Crippen LogP contribution in [0.3, 0.4) is 0 Å². The van der Waals surface area contributed by atoms with E-state index in [2.05, 4.69) is 10.4 Å². The molecule has 0 saturated heterocycles. The Bertz CT molecular complexity index is 410. The molecule has 0 fully saturated rings. The molecule has 1 rings (SSSR count). The second-order valence-electron chi connectivity index (χ2n) is 2.99.